The van der Waals surface area contributed by atoms with Crippen molar-refractivity contribution in [1.29, 1.82) is 0 Å². The van der Waals surface area contributed by atoms with Gasteiger partial charge in [-0.2, -0.15) is 0 Å². The molecule has 1 aliphatic rings. The second kappa shape index (κ2) is 8.47. The van der Waals surface area contributed by atoms with Crippen LogP contribution in [0.2, 0.25) is 0 Å². The van der Waals surface area contributed by atoms with E-state index in [-0.39, 0.29) is 18.1 Å². The molecule has 0 saturated carbocycles. The molecule has 1 unspecified atom stereocenters. The molecule has 1 aromatic carbocycles. The van der Waals surface area contributed by atoms with E-state index in [0.29, 0.717) is 44.9 Å². The Labute approximate surface area is 133 Å². The van der Waals surface area contributed by atoms with E-state index in [1.165, 1.54) is 12.1 Å². The molecule has 126 valence electrons. The minimum absolute atomic E-state index is 0.0495. The number of hydrogen-bond donors (Lipinski definition) is 1. The van der Waals surface area contributed by atoms with Crippen molar-refractivity contribution in [2.75, 3.05) is 26.3 Å². The fourth-order valence-corrected chi connectivity index (χ4v) is 2.39. The van der Waals surface area contributed by atoms with Gasteiger partial charge in [0.05, 0.1) is 25.7 Å². The Bertz CT molecular complexity index is 551. The summed E-state index contributed by atoms with van der Waals surface area (Å²) in [7, 11) is 0. The molecule has 1 atom stereocenters. The molecular weight excluding hydrogens is 305 g/mol. The van der Waals surface area contributed by atoms with Gasteiger partial charge in [0.2, 0.25) is 5.91 Å². The lowest BCUT2D eigenvalue weighted by Crippen LogP contribution is -2.46. The first-order chi connectivity index (χ1) is 11.0. The smallest absolute Gasteiger partial charge is 0.306 e. The predicted octanol–water partition coefficient (Wildman–Crippen LogP) is 1.69. The number of morpholine rings is 1. The highest BCUT2D eigenvalue weighted by Gasteiger charge is 2.25. The monoisotopic (exact) mass is 325 g/mol. The van der Waals surface area contributed by atoms with E-state index in [1.807, 2.05) is 0 Å². The van der Waals surface area contributed by atoms with Crippen LogP contribution in [0.5, 0.6) is 5.75 Å². The average Bonchev–Trinajstić information content (AvgIpc) is 2.51. The second-order valence-corrected chi connectivity index (χ2v) is 5.34. The van der Waals surface area contributed by atoms with Gasteiger partial charge in [0.1, 0.15) is 11.6 Å². The Balaban J connectivity index is 1.69. The molecular formula is C16H20FNO5. The molecule has 0 spiro atoms. The Morgan fingerprint density at radius 1 is 1.43 bits per heavy atom. The first-order valence-corrected chi connectivity index (χ1v) is 7.54. The third kappa shape index (κ3) is 5.86. The number of carbonyl (C=O) groups excluding carboxylic acids is 1. The number of aliphatic carboxylic acids is 1. The number of carboxylic acid groups (broad SMARTS) is 1. The highest BCUT2D eigenvalue weighted by Crippen LogP contribution is 2.13. The molecule has 7 heteroatoms. The van der Waals surface area contributed by atoms with Crippen molar-refractivity contribution in [1.82, 2.24) is 4.90 Å². The summed E-state index contributed by atoms with van der Waals surface area (Å²) in [6, 6.07) is 5.85. The Morgan fingerprint density at radius 3 is 3.00 bits per heavy atom. The summed E-state index contributed by atoms with van der Waals surface area (Å²) < 4.78 is 23.7. The number of amides is 1. The number of ether oxygens (including phenoxy) is 2. The summed E-state index contributed by atoms with van der Waals surface area (Å²) in [5, 5.41) is 8.77. The van der Waals surface area contributed by atoms with Crippen LogP contribution in [0, 0.1) is 5.82 Å². The van der Waals surface area contributed by atoms with Crippen LogP contribution in [-0.4, -0.2) is 54.3 Å². The zero-order valence-corrected chi connectivity index (χ0v) is 12.7. The van der Waals surface area contributed by atoms with Gasteiger partial charge in [-0.15, -0.1) is 0 Å². The molecule has 0 radical (unpaired) electrons. The standard InChI is InChI=1S/C16H20FNO5/c17-12-3-1-4-13(9-12)22-7-2-5-15(19)18-6-8-23-14(11-18)10-16(20)21/h1,3-4,9,14H,2,5-8,10-11H2,(H,20,21). The van der Waals surface area contributed by atoms with Crippen LogP contribution >= 0.6 is 0 Å². The molecule has 0 aromatic heterocycles. The van der Waals surface area contributed by atoms with Gasteiger partial charge in [-0.05, 0) is 18.6 Å². The average molecular weight is 325 g/mol. The van der Waals surface area contributed by atoms with Crippen molar-refractivity contribution in [2.24, 2.45) is 0 Å². The molecule has 1 aliphatic heterocycles. The molecule has 1 amide bonds. The van der Waals surface area contributed by atoms with Crippen LogP contribution in [0.1, 0.15) is 19.3 Å². The Morgan fingerprint density at radius 2 is 2.26 bits per heavy atom. The highest BCUT2D eigenvalue weighted by atomic mass is 19.1. The van der Waals surface area contributed by atoms with Crippen LogP contribution in [0.3, 0.4) is 0 Å². The molecule has 1 fully saturated rings. The highest BCUT2D eigenvalue weighted by molar-refractivity contribution is 5.76. The fraction of sp³-hybridized carbons (Fsp3) is 0.500. The number of nitrogens with zero attached hydrogens (tertiary/aromatic N) is 1. The lowest BCUT2D eigenvalue weighted by atomic mass is 10.2. The number of benzene rings is 1. The van der Waals surface area contributed by atoms with E-state index in [2.05, 4.69) is 0 Å². The van der Waals surface area contributed by atoms with Gasteiger partial charge in [0, 0.05) is 25.6 Å². The summed E-state index contributed by atoms with van der Waals surface area (Å²) in [6.07, 6.45) is 0.256. The van der Waals surface area contributed by atoms with Crippen molar-refractivity contribution in [3.8, 4) is 5.75 Å². The van der Waals surface area contributed by atoms with Crippen LogP contribution in [-0.2, 0) is 14.3 Å². The van der Waals surface area contributed by atoms with Crippen LogP contribution in [0.25, 0.3) is 0 Å². The van der Waals surface area contributed by atoms with Crippen LogP contribution < -0.4 is 4.74 Å². The number of halogens is 1. The van der Waals surface area contributed by atoms with Crippen molar-refractivity contribution >= 4 is 11.9 Å². The van der Waals surface area contributed by atoms with E-state index in [9.17, 15) is 14.0 Å². The molecule has 0 aliphatic carbocycles. The molecule has 1 saturated heterocycles. The minimum Gasteiger partial charge on any atom is -0.493 e. The van der Waals surface area contributed by atoms with E-state index < -0.39 is 12.1 Å². The van der Waals surface area contributed by atoms with Gasteiger partial charge >= 0.3 is 5.97 Å². The Kier molecular flexibility index (Phi) is 6.34. The van der Waals surface area contributed by atoms with Crippen LogP contribution in [0.15, 0.2) is 24.3 Å². The zero-order chi connectivity index (χ0) is 16.7. The maximum absolute atomic E-state index is 13.0. The number of rotatable bonds is 7. The summed E-state index contributed by atoms with van der Waals surface area (Å²) in [4.78, 5) is 24.4. The zero-order valence-electron chi connectivity index (χ0n) is 12.7. The van der Waals surface area contributed by atoms with Gasteiger partial charge in [0.15, 0.2) is 0 Å². The first kappa shape index (κ1) is 17.2. The van der Waals surface area contributed by atoms with E-state index in [1.54, 1.807) is 17.0 Å². The van der Waals surface area contributed by atoms with Gasteiger partial charge in [-0.3, -0.25) is 9.59 Å². The summed E-state index contributed by atoms with van der Waals surface area (Å²) >= 11 is 0. The molecule has 1 aromatic rings. The maximum atomic E-state index is 13.0. The topological polar surface area (TPSA) is 76.1 Å². The third-order valence-corrected chi connectivity index (χ3v) is 3.49. The van der Waals surface area contributed by atoms with Crippen molar-refractivity contribution in [2.45, 2.75) is 25.4 Å². The number of carboxylic acids is 1. The van der Waals surface area contributed by atoms with Crippen molar-refractivity contribution in [3.63, 3.8) is 0 Å². The van der Waals surface area contributed by atoms with Gasteiger partial charge in [-0.1, -0.05) is 6.07 Å². The molecule has 0 bridgehead atoms. The number of hydrogen-bond acceptors (Lipinski definition) is 4. The molecule has 1 N–H and O–H groups in total. The molecule has 2 rings (SSSR count). The lowest BCUT2D eigenvalue weighted by Gasteiger charge is -2.32. The van der Waals surface area contributed by atoms with Crippen molar-refractivity contribution in [3.05, 3.63) is 30.1 Å². The quantitative estimate of drug-likeness (QED) is 0.772. The Hall–Kier alpha value is -2.15. The van der Waals surface area contributed by atoms with Gasteiger partial charge in [-0.25, -0.2) is 4.39 Å². The summed E-state index contributed by atoms with van der Waals surface area (Å²) in [6.45, 7) is 1.44. The number of carbonyl (C=O) groups is 2. The maximum Gasteiger partial charge on any atom is 0.306 e. The fourth-order valence-electron chi connectivity index (χ4n) is 2.39. The summed E-state index contributed by atoms with van der Waals surface area (Å²) in [5.74, 6) is -0.916. The van der Waals surface area contributed by atoms with Gasteiger partial charge in [0.25, 0.3) is 0 Å². The predicted molar refractivity (Wildman–Crippen MR) is 79.7 cm³/mol. The van der Waals surface area contributed by atoms with E-state index >= 15 is 0 Å². The normalized spacial score (nSPS) is 17.8. The third-order valence-electron chi connectivity index (χ3n) is 3.49. The first-order valence-electron chi connectivity index (χ1n) is 7.54. The minimum atomic E-state index is -0.937. The van der Waals surface area contributed by atoms with Crippen molar-refractivity contribution < 1.29 is 28.6 Å². The second-order valence-electron chi connectivity index (χ2n) is 5.34. The summed E-state index contributed by atoms with van der Waals surface area (Å²) in [5.41, 5.74) is 0. The SMILES string of the molecule is O=C(O)CC1CN(C(=O)CCCOc2cccc(F)c2)CCO1. The lowest BCUT2D eigenvalue weighted by molar-refractivity contribution is -0.147. The largest absolute Gasteiger partial charge is 0.493 e. The van der Waals surface area contributed by atoms with Gasteiger partial charge < -0.3 is 19.5 Å². The molecule has 6 nitrogen and oxygen atoms in total. The van der Waals surface area contributed by atoms with E-state index in [0.717, 1.165) is 0 Å². The van der Waals surface area contributed by atoms with E-state index in [4.69, 9.17) is 14.6 Å². The van der Waals surface area contributed by atoms with Crippen LogP contribution in [0.4, 0.5) is 4.39 Å². The molecule has 1 heterocycles. The molecule has 23 heavy (non-hydrogen) atoms.